The molecular formula is C15H21F2N. The summed E-state index contributed by atoms with van der Waals surface area (Å²) in [6, 6.07) is 8.15. The highest BCUT2D eigenvalue weighted by Crippen LogP contribution is 2.62. The van der Waals surface area contributed by atoms with Crippen LogP contribution in [0.4, 0.5) is 8.78 Å². The van der Waals surface area contributed by atoms with Gasteiger partial charge in [0.05, 0.1) is 6.54 Å². The van der Waals surface area contributed by atoms with Gasteiger partial charge in [0.2, 0.25) is 0 Å². The van der Waals surface area contributed by atoms with Gasteiger partial charge in [0.25, 0.3) is 5.92 Å². The first-order valence-corrected chi connectivity index (χ1v) is 6.36. The number of hydrogen-bond donors (Lipinski definition) is 1. The molecule has 3 heteroatoms. The van der Waals surface area contributed by atoms with Crippen LogP contribution in [0.25, 0.3) is 0 Å². The van der Waals surface area contributed by atoms with Gasteiger partial charge in [-0.15, -0.1) is 0 Å². The minimum absolute atomic E-state index is 0.0776. The Bertz CT molecular complexity index is 409. The molecule has 0 atom stereocenters. The van der Waals surface area contributed by atoms with Gasteiger partial charge in [0.15, 0.2) is 0 Å². The Hall–Kier alpha value is -0.960. The maximum Gasteiger partial charge on any atom is 0.285 e. The van der Waals surface area contributed by atoms with E-state index in [-0.39, 0.29) is 29.0 Å². The Kier molecular flexibility index (Phi) is 3.01. The van der Waals surface area contributed by atoms with Gasteiger partial charge in [0.1, 0.15) is 0 Å². The zero-order valence-electron chi connectivity index (χ0n) is 11.4. The molecule has 0 amide bonds. The van der Waals surface area contributed by atoms with Gasteiger partial charge in [0, 0.05) is 11.6 Å². The lowest BCUT2D eigenvalue weighted by molar-refractivity contribution is -0.00450. The summed E-state index contributed by atoms with van der Waals surface area (Å²) in [5.41, 5.74) is 0.244. The van der Waals surface area contributed by atoms with Crippen LogP contribution in [0.15, 0.2) is 30.3 Å². The van der Waals surface area contributed by atoms with E-state index in [1.54, 1.807) is 18.2 Å². The minimum atomic E-state index is -2.81. The molecule has 0 aromatic heterocycles. The van der Waals surface area contributed by atoms with Crippen molar-refractivity contribution in [3.63, 3.8) is 0 Å². The van der Waals surface area contributed by atoms with Crippen LogP contribution < -0.4 is 5.32 Å². The van der Waals surface area contributed by atoms with E-state index in [9.17, 15) is 8.78 Å². The molecule has 0 saturated heterocycles. The van der Waals surface area contributed by atoms with Crippen LogP contribution in [0.1, 0.15) is 33.3 Å². The first kappa shape index (κ1) is 13.5. The second-order valence-electron chi connectivity index (χ2n) is 6.33. The van der Waals surface area contributed by atoms with Crippen LogP contribution in [0.3, 0.4) is 0 Å². The van der Waals surface area contributed by atoms with Crippen LogP contribution in [0, 0.1) is 10.8 Å². The maximum atomic E-state index is 14.0. The average molecular weight is 253 g/mol. The van der Waals surface area contributed by atoms with Crippen molar-refractivity contribution in [2.75, 3.05) is 6.54 Å². The summed E-state index contributed by atoms with van der Waals surface area (Å²) in [6.45, 7) is 8.17. The lowest BCUT2D eigenvalue weighted by Crippen LogP contribution is -2.34. The van der Waals surface area contributed by atoms with Gasteiger partial charge in [-0.25, -0.2) is 0 Å². The Balaban J connectivity index is 2.00. The van der Waals surface area contributed by atoms with E-state index in [1.165, 1.54) is 12.1 Å². The molecule has 0 radical (unpaired) electrons. The second kappa shape index (κ2) is 4.02. The first-order valence-electron chi connectivity index (χ1n) is 6.36. The highest BCUT2D eigenvalue weighted by Gasteiger charge is 2.64. The number of benzene rings is 1. The number of hydrogen-bond acceptors (Lipinski definition) is 1. The molecule has 1 fully saturated rings. The molecule has 1 aromatic carbocycles. The van der Waals surface area contributed by atoms with Crippen LogP contribution in [0.2, 0.25) is 0 Å². The normalized spacial score (nSPS) is 21.9. The van der Waals surface area contributed by atoms with Crippen LogP contribution in [-0.4, -0.2) is 12.6 Å². The number of halogens is 2. The van der Waals surface area contributed by atoms with E-state index in [0.29, 0.717) is 0 Å². The third kappa shape index (κ3) is 2.05. The van der Waals surface area contributed by atoms with Crippen molar-refractivity contribution in [2.24, 2.45) is 10.8 Å². The van der Waals surface area contributed by atoms with Crippen molar-refractivity contribution in [1.82, 2.24) is 5.32 Å². The van der Waals surface area contributed by atoms with Crippen molar-refractivity contribution < 1.29 is 8.78 Å². The Labute approximate surface area is 108 Å². The van der Waals surface area contributed by atoms with Crippen LogP contribution in [-0.2, 0) is 5.92 Å². The molecule has 0 heterocycles. The smallest absolute Gasteiger partial charge is 0.285 e. The Morgan fingerprint density at radius 1 is 1.06 bits per heavy atom. The largest absolute Gasteiger partial charge is 0.307 e. The lowest BCUT2D eigenvalue weighted by atomic mass is 10.0. The summed E-state index contributed by atoms with van der Waals surface area (Å²) in [6.07, 6.45) is 0. The fraction of sp³-hybridized carbons (Fsp3) is 0.600. The maximum absolute atomic E-state index is 14.0. The van der Waals surface area contributed by atoms with E-state index in [4.69, 9.17) is 0 Å². The highest BCUT2D eigenvalue weighted by molar-refractivity contribution is 5.22. The van der Waals surface area contributed by atoms with Crippen molar-refractivity contribution >= 4 is 0 Å². The van der Waals surface area contributed by atoms with Gasteiger partial charge in [-0.05, 0) is 10.8 Å². The van der Waals surface area contributed by atoms with Crippen molar-refractivity contribution in [3.05, 3.63) is 35.9 Å². The second-order valence-corrected chi connectivity index (χ2v) is 6.33. The third-order valence-corrected chi connectivity index (χ3v) is 4.75. The summed E-state index contributed by atoms with van der Waals surface area (Å²) in [7, 11) is 0. The highest BCUT2D eigenvalue weighted by atomic mass is 19.3. The van der Waals surface area contributed by atoms with Crippen molar-refractivity contribution in [2.45, 2.75) is 39.7 Å². The summed E-state index contributed by atoms with van der Waals surface area (Å²) in [5, 5.41) is 3.03. The quantitative estimate of drug-likeness (QED) is 0.860. The molecule has 1 saturated carbocycles. The molecule has 1 nitrogen and oxygen atoms in total. The molecule has 1 aromatic rings. The topological polar surface area (TPSA) is 12.0 Å². The van der Waals surface area contributed by atoms with E-state index < -0.39 is 5.92 Å². The monoisotopic (exact) mass is 253 g/mol. The molecule has 100 valence electrons. The molecule has 1 aliphatic rings. The summed E-state index contributed by atoms with van der Waals surface area (Å²) in [5.74, 6) is -2.81. The van der Waals surface area contributed by atoms with Crippen molar-refractivity contribution in [3.8, 4) is 0 Å². The third-order valence-electron chi connectivity index (χ3n) is 4.75. The standard InChI is InChI=1S/C15H21F2N/c1-13(2)12(14(13,3)4)18-10-15(16,17)11-8-6-5-7-9-11/h5-9,12,18H,10H2,1-4H3. The minimum Gasteiger partial charge on any atom is -0.307 e. The lowest BCUT2D eigenvalue weighted by Gasteiger charge is -2.18. The summed E-state index contributed by atoms with van der Waals surface area (Å²) in [4.78, 5) is 0. The molecule has 1 aliphatic carbocycles. The SMILES string of the molecule is CC1(C)C(NCC(F)(F)c2ccccc2)C1(C)C. The van der Waals surface area contributed by atoms with Gasteiger partial charge in [-0.2, -0.15) is 8.78 Å². The van der Waals surface area contributed by atoms with Gasteiger partial charge < -0.3 is 5.32 Å². The zero-order chi connectivity index (χ0) is 13.6. The van der Waals surface area contributed by atoms with Gasteiger partial charge in [-0.3, -0.25) is 0 Å². The average Bonchev–Trinajstić information content (AvgIpc) is 2.68. The molecule has 2 rings (SSSR count). The first-order chi connectivity index (χ1) is 8.19. The van der Waals surface area contributed by atoms with E-state index in [0.717, 1.165) is 0 Å². The summed E-state index contributed by atoms with van der Waals surface area (Å²) < 4.78 is 28.0. The number of alkyl halides is 2. The molecule has 0 spiro atoms. The molecule has 0 bridgehead atoms. The van der Waals surface area contributed by atoms with Gasteiger partial charge >= 0.3 is 0 Å². The molecular weight excluding hydrogens is 232 g/mol. The predicted octanol–water partition coefficient (Wildman–Crippen LogP) is 3.80. The molecule has 0 aliphatic heterocycles. The Morgan fingerprint density at radius 2 is 1.56 bits per heavy atom. The van der Waals surface area contributed by atoms with Crippen molar-refractivity contribution in [1.29, 1.82) is 0 Å². The van der Waals surface area contributed by atoms with E-state index >= 15 is 0 Å². The van der Waals surface area contributed by atoms with Crippen LogP contribution in [0.5, 0.6) is 0 Å². The predicted molar refractivity (Wildman–Crippen MR) is 69.7 cm³/mol. The Morgan fingerprint density at radius 3 is 2.00 bits per heavy atom. The van der Waals surface area contributed by atoms with E-state index in [1.807, 2.05) is 0 Å². The zero-order valence-corrected chi connectivity index (χ0v) is 11.4. The molecule has 0 unspecified atom stereocenters. The molecule has 18 heavy (non-hydrogen) atoms. The van der Waals surface area contributed by atoms with Gasteiger partial charge in [-0.1, -0.05) is 58.0 Å². The van der Waals surface area contributed by atoms with E-state index in [2.05, 4.69) is 33.0 Å². The fourth-order valence-corrected chi connectivity index (χ4v) is 2.72. The number of nitrogens with one attached hydrogen (secondary N) is 1. The summed E-state index contributed by atoms with van der Waals surface area (Å²) >= 11 is 0. The number of rotatable bonds is 4. The van der Waals surface area contributed by atoms with Crippen LogP contribution >= 0.6 is 0 Å². The fourth-order valence-electron chi connectivity index (χ4n) is 2.72. The molecule has 1 N–H and O–H groups in total.